The molecule has 0 saturated carbocycles. The first-order valence-corrected chi connectivity index (χ1v) is 18.7. The van der Waals surface area contributed by atoms with E-state index >= 15 is 0 Å². The van der Waals surface area contributed by atoms with Crippen LogP contribution in [0.2, 0.25) is 0 Å². The van der Waals surface area contributed by atoms with E-state index in [-0.39, 0.29) is 0 Å². The van der Waals surface area contributed by atoms with Crippen molar-refractivity contribution in [1.29, 1.82) is 0 Å². The number of furan rings is 1. The third kappa shape index (κ3) is 5.20. The standard InChI is InChI=1S/C52H32N2O/c1-4-16-33(17-5-1)36-28-37(30-38(29-36)52-53-46(34-18-6-2-7-19-34)32-47(54-52)35-20-8-3-9-21-35)44-31-45-41-24-11-10-22-39(41)40-23-12-13-25-42(40)49(45)51-50(44)43-26-14-15-27-48(43)55-51/h1-32H. The van der Waals surface area contributed by atoms with Gasteiger partial charge in [-0.15, -0.1) is 0 Å². The van der Waals surface area contributed by atoms with E-state index < -0.39 is 0 Å². The summed E-state index contributed by atoms with van der Waals surface area (Å²) < 4.78 is 6.92. The number of hydrogen-bond donors (Lipinski definition) is 0. The van der Waals surface area contributed by atoms with Crippen LogP contribution in [0.3, 0.4) is 0 Å². The molecular formula is C52H32N2O. The number of para-hydroxylation sites is 1. The SMILES string of the molecule is c1ccc(-c2cc(-c3nc(-c4ccccc4)cc(-c4ccccc4)n3)cc(-c3cc4c5ccccc5c5ccccc5c4c4oc5ccccc5c34)c2)cc1. The van der Waals surface area contributed by atoms with Gasteiger partial charge >= 0.3 is 0 Å². The molecule has 3 nitrogen and oxygen atoms in total. The molecule has 0 bridgehead atoms. The van der Waals surface area contributed by atoms with Gasteiger partial charge < -0.3 is 4.42 Å². The highest BCUT2D eigenvalue weighted by Gasteiger charge is 2.22. The molecule has 11 rings (SSSR count). The Morgan fingerprint density at radius 1 is 0.309 bits per heavy atom. The lowest BCUT2D eigenvalue weighted by atomic mass is 9.88. The van der Waals surface area contributed by atoms with Crippen LogP contribution in [0.25, 0.3) is 110 Å². The number of nitrogens with zero attached hydrogens (tertiary/aromatic N) is 2. The summed E-state index contributed by atoms with van der Waals surface area (Å²) in [6, 6.07) is 68.4. The van der Waals surface area contributed by atoms with E-state index in [1.165, 1.54) is 21.5 Å². The van der Waals surface area contributed by atoms with Gasteiger partial charge in [0.1, 0.15) is 11.2 Å². The molecule has 256 valence electrons. The molecule has 0 amide bonds. The molecule has 0 aliphatic carbocycles. The van der Waals surface area contributed by atoms with Gasteiger partial charge in [-0.3, -0.25) is 0 Å². The molecule has 0 unspecified atom stereocenters. The zero-order valence-electron chi connectivity index (χ0n) is 29.8. The van der Waals surface area contributed by atoms with Crippen LogP contribution in [0.1, 0.15) is 0 Å². The molecule has 0 N–H and O–H groups in total. The fourth-order valence-electron chi connectivity index (χ4n) is 8.30. The van der Waals surface area contributed by atoms with E-state index in [0.29, 0.717) is 5.82 Å². The lowest BCUT2D eigenvalue weighted by Crippen LogP contribution is -1.97. The molecule has 9 aromatic carbocycles. The Bertz CT molecular complexity index is 3180. The van der Waals surface area contributed by atoms with E-state index in [1.807, 2.05) is 12.1 Å². The van der Waals surface area contributed by atoms with E-state index in [0.717, 1.165) is 83.0 Å². The van der Waals surface area contributed by atoms with Crippen LogP contribution in [0, 0.1) is 0 Å². The molecule has 0 aliphatic heterocycles. The lowest BCUT2D eigenvalue weighted by molar-refractivity contribution is 0.673. The molecular weight excluding hydrogens is 669 g/mol. The Morgan fingerprint density at radius 2 is 0.782 bits per heavy atom. The number of fused-ring (bicyclic) bond motifs is 10. The van der Waals surface area contributed by atoms with Crippen molar-refractivity contribution in [3.05, 3.63) is 194 Å². The third-order valence-corrected chi connectivity index (χ3v) is 10.8. The van der Waals surface area contributed by atoms with Crippen LogP contribution in [0.15, 0.2) is 199 Å². The Balaban J connectivity index is 1.26. The third-order valence-electron chi connectivity index (χ3n) is 10.8. The van der Waals surface area contributed by atoms with Gasteiger partial charge in [0.25, 0.3) is 0 Å². The monoisotopic (exact) mass is 700 g/mol. The largest absolute Gasteiger partial charge is 0.455 e. The van der Waals surface area contributed by atoms with Gasteiger partial charge in [-0.25, -0.2) is 9.97 Å². The zero-order chi connectivity index (χ0) is 36.3. The number of rotatable bonds is 5. The average Bonchev–Trinajstić information content (AvgIpc) is 3.66. The summed E-state index contributed by atoms with van der Waals surface area (Å²) in [5.41, 5.74) is 10.9. The number of hydrogen-bond acceptors (Lipinski definition) is 3. The van der Waals surface area contributed by atoms with Crippen LogP contribution in [-0.4, -0.2) is 9.97 Å². The molecule has 2 aromatic heterocycles. The first kappa shape index (κ1) is 31.2. The first-order valence-electron chi connectivity index (χ1n) is 18.7. The quantitative estimate of drug-likeness (QED) is 0.168. The minimum Gasteiger partial charge on any atom is -0.455 e. The second kappa shape index (κ2) is 12.6. The van der Waals surface area contributed by atoms with E-state index in [9.17, 15) is 0 Å². The fourth-order valence-corrected chi connectivity index (χ4v) is 8.30. The van der Waals surface area contributed by atoms with Crippen molar-refractivity contribution in [2.75, 3.05) is 0 Å². The van der Waals surface area contributed by atoms with Crippen LogP contribution < -0.4 is 0 Å². The Hall–Kier alpha value is -7.36. The molecule has 3 heteroatoms. The van der Waals surface area contributed by atoms with Crippen molar-refractivity contribution in [2.24, 2.45) is 0 Å². The van der Waals surface area contributed by atoms with Crippen LogP contribution >= 0.6 is 0 Å². The van der Waals surface area contributed by atoms with Gasteiger partial charge in [-0.2, -0.15) is 0 Å². The highest BCUT2D eigenvalue weighted by Crippen LogP contribution is 2.47. The van der Waals surface area contributed by atoms with Crippen molar-refractivity contribution < 1.29 is 4.42 Å². The highest BCUT2D eigenvalue weighted by molar-refractivity contribution is 6.34. The molecule has 0 saturated heterocycles. The van der Waals surface area contributed by atoms with Crippen molar-refractivity contribution in [2.45, 2.75) is 0 Å². The molecule has 0 aliphatic rings. The molecule has 11 aromatic rings. The molecule has 0 atom stereocenters. The van der Waals surface area contributed by atoms with Crippen LogP contribution in [0.4, 0.5) is 0 Å². The summed E-state index contributed by atoms with van der Waals surface area (Å²) in [5.74, 6) is 0.671. The van der Waals surface area contributed by atoms with Crippen LogP contribution in [0.5, 0.6) is 0 Å². The zero-order valence-corrected chi connectivity index (χ0v) is 29.8. The van der Waals surface area contributed by atoms with Gasteiger partial charge in [-0.1, -0.05) is 158 Å². The van der Waals surface area contributed by atoms with Crippen molar-refractivity contribution in [1.82, 2.24) is 9.97 Å². The minimum atomic E-state index is 0.671. The van der Waals surface area contributed by atoms with Gasteiger partial charge in [0.05, 0.1) is 11.4 Å². The maximum atomic E-state index is 6.92. The van der Waals surface area contributed by atoms with Gasteiger partial charge in [0.2, 0.25) is 0 Å². The lowest BCUT2D eigenvalue weighted by Gasteiger charge is -2.16. The van der Waals surface area contributed by atoms with E-state index in [2.05, 4.69) is 182 Å². The molecule has 0 spiro atoms. The summed E-state index contributed by atoms with van der Waals surface area (Å²) in [5, 5.41) is 9.32. The summed E-state index contributed by atoms with van der Waals surface area (Å²) in [6.45, 7) is 0. The molecule has 0 radical (unpaired) electrons. The van der Waals surface area contributed by atoms with Crippen LogP contribution in [-0.2, 0) is 0 Å². The smallest absolute Gasteiger partial charge is 0.160 e. The minimum absolute atomic E-state index is 0.671. The van der Waals surface area contributed by atoms with Gasteiger partial charge in [0.15, 0.2) is 5.82 Å². The van der Waals surface area contributed by atoms with E-state index in [1.54, 1.807) is 0 Å². The summed E-state index contributed by atoms with van der Waals surface area (Å²) in [4.78, 5) is 10.5. The second-order valence-electron chi connectivity index (χ2n) is 14.1. The maximum Gasteiger partial charge on any atom is 0.160 e. The van der Waals surface area contributed by atoms with Crippen molar-refractivity contribution in [3.63, 3.8) is 0 Å². The predicted octanol–water partition coefficient (Wildman–Crippen LogP) is 14.2. The summed E-state index contributed by atoms with van der Waals surface area (Å²) >= 11 is 0. The Labute approximate surface area is 317 Å². The summed E-state index contributed by atoms with van der Waals surface area (Å²) in [7, 11) is 0. The molecule has 2 heterocycles. The summed E-state index contributed by atoms with van der Waals surface area (Å²) in [6.07, 6.45) is 0. The first-order chi connectivity index (χ1) is 27.3. The predicted molar refractivity (Wildman–Crippen MR) is 229 cm³/mol. The van der Waals surface area contributed by atoms with Gasteiger partial charge in [0, 0.05) is 32.8 Å². The molecule has 0 fully saturated rings. The van der Waals surface area contributed by atoms with Crippen molar-refractivity contribution in [3.8, 4) is 56.2 Å². The number of benzene rings is 9. The van der Waals surface area contributed by atoms with Crippen molar-refractivity contribution >= 4 is 54.3 Å². The Morgan fingerprint density at radius 3 is 1.42 bits per heavy atom. The normalized spacial score (nSPS) is 11.6. The fraction of sp³-hybridized carbons (Fsp3) is 0. The van der Waals surface area contributed by atoms with E-state index in [4.69, 9.17) is 14.4 Å². The molecule has 55 heavy (non-hydrogen) atoms. The Kier molecular flexibility index (Phi) is 7.17. The highest BCUT2D eigenvalue weighted by atomic mass is 16.3. The van der Waals surface area contributed by atoms with Gasteiger partial charge in [-0.05, 0) is 85.6 Å². The maximum absolute atomic E-state index is 6.92. The average molecular weight is 701 g/mol. The second-order valence-corrected chi connectivity index (χ2v) is 14.1. The number of aromatic nitrogens is 2. The topological polar surface area (TPSA) is 38.9 Å².